The fourth-order valence-corrected chi connectivity index (χ4v) is 3.57. The lowest BCUT2D eigenvalue weighted by atomic mass is 10.1. The number of hydrogen-bond acceptors (Lipinski definition) is 3. The summed E-state index contributed by atoms with van der Waals surface area (Å²) in [7, 11) is 0. The molecule has 0 unspecified atom stereocenters. The molecule has 0 saturated carbocycles. The molecule has 8 heteroatoms. The Kier molecular flexibility index (Phi) is 4.91. The molecule has 1 fully saturated rings. The van der Waals surface area contributed by atoms with E-state index in [0.717, 1.165) is 4.90 Å². The van der Waals surface area contributed by atoms with Crippen LogP contribution in [0.1, 0.15) is 11.1 Å². The van der Waals surface area contributed by atoms with Crippen LogP contribution in [0.4, 0.5) is 9.18 Å². The fourth-order valence-electron chi connectivity index (χ4n) is 2.35. The number of phenolic OH excluding ortho intramolecular Hbond substituents is 1. The molecule has 2 N–H and O–H groups in total. The molecule has 5 nitrogen and oxygen atoms in total. The summed E-state index contributed by atoms with van der Waals surface area (Å²) in [6.07, 6.45) is 1.48. The van der Waals surface area contributed by atoms with Crippen LogP contribution < -0.4 is 5.32 Å². The Balaban J connectivity index is 1.87. The van der Waals surface area contributed by atoms with Crippen LogP contribution in [-0.4, -0.2) is 21.9 Å². The first-order valence-electron chi connectivity index (χ1n) is 7.13. The molecule has 2 aromatic carbocycles. The Morgan fingerprint density at radius 2 is 1.80 bits per heavy atom. The van der Waals surface area contributed by atoms with Crippen molar-refractivity contribution in [2.24, 2.45) is 0 Å². The van der Waals surface area contributed by atoms with Crippen LogP contribution in [-0.2, 0) is 11.3 Å². The number of rotatable bonds is 3. The van der Waals surface area contributed by atoms with Crippen molar-refractivity contribution >= 4 is 49.9 Å². The Hall–Kier alpha value is -2.19. The summed E-state index contributed by atoms with van der Waals surface area (Å²) in [6.45, 7) is -0.155. The minimum atomic E-state index is -0.614. The van der Waals surface area contributed by atoms with Crippen molar-refractivity contribution in [1.29, 1.82) is 0 Å². The summed E-state index contributed by atoms with van der Waals surface area (Å²) in [5, 5.41) is 12.2. The first-order valence-corrected chi connectivity index (χ1v) is 8.71. The van der Waals surface area contributed by atoms with Gasteiger partial charge in [0.05, 0.1) is 15.5 Å². The largest absolute Gasteiger partial charge is 0.506 e. The van der Waals surface area contributed by atoms with Gasteiger partial charge in [-0.15, -0.1) is 0 Å². The van der Waals surface area contributed by atoms with Gasteiger partial charge in [-0.25, -0.2) is 9.18 Å². The molecular formula is C17H11Br2FN2O3. The number of benzene rings is 2. The Morgan fingerprint density at radius 3 is 2.44 bits per heavy atom. The van der Waals surface area contributed by atoms with Crippen molar-refractivity contribution in [3.8, 4) is 5.75 Å². The lowest BCUT2D eigenvalue weighted by molar-refractivity contribution is -0.123. The Morgan fingerprint density at radius 1 is 1.16 bits per heavy atom. The number of nitrogens with one attached hydrogen (secondary N) is 1. The average molecular weight is 470 g/mol. The molecule has 3 rings (SSSR count). The molecule has 0 bridgehead atoms. The predicted octanol–water partition coefficient (Wildman–Crippen LogP) is 4.15. The summed E-state index contributed by atoms with van der Waals surface area (Å²) in [4.78, 5) is 25.5. The molecule has 2 aromatic rings. The zero-order chi connectivity index (χ0) is 18.1. The molecule has 1 aliphatic heterocycles. The quantitative estimate of drug-likeness (QED) is 0.524. The topological polar surface area (TPSA) is 69.6 Å². The second-order valence-corrected chi connectivity index (χ2v) is 7.01. The van der Waals surface area contributed by atoms with Crippen molar-refractivity contribution in [2.45, 2.75) is 6.54 Å². The van der Waals surface area contributed by atoms with Gasteiger partial charge in [0.1, 0.15) is 17.3 Å². The monoisotopic (exact) mass is 468 g/mol. The van der Waals surface area contributed by atoms with E-state index < -0.39 is 17.8 Å². The number of aromatic hydroxyl groups is 1. The second-order valence-electron chi connectivity index (χ2n) is 5.30. The highest BCUT2D eigenvalue weighted by molar-refractivity contribution is 9.11. The van der Waals surface area contributed by atoms with E-state index in [9.17, 15) is 19.1 Å². The molecule has 3 amide bonds. The van der Waals surface area contributed by atoms with E-state index in [1.54, 1.807) is 18.2 Å². The summed E-state index contributed by atoms with van der Waals surface area (Å²) in [6, 6.07) is 8.56. The molecule has 1 saturated heterocycles. The molecule has 0 atom stereocenters. The number of halogens is 3. The molecule has 1 heterocycles. The number of urea groups is 1. The number of amides is 3. The Labute approximate surface area is 159 Å². The molecule has 0 aliphatic carbocycles. The number of phenols is 1. The van der Waals surface area contributed by atoms with Gasteiger partial charge in [-0.05, 0) is 61.7 Å². The highest BCUT2D eigenvalue weighted by Gasteiger charge is 2.34. The molecule has 1 aliphatic rings. The van der Waals surface area contributed by atoms with Crippen LogP contribution in [0.2, 0.25) is 0 Å². The van der Waals surface area contributed by atoms with Gasteiger partial charge >= 0.3 is 6.03 Å². The lowest BCUT2D eigenvalue weighted by Crippen LogP contribution is -2.30. The maximum Gasteiger partial charge on any atom is 0.329 e. The van der Waals surface area contributed by atoms with E-state index in [1.165, 1.54) is 24.3 Å². The van der Waals surface area contributed by atoms with Crippen molar-refractivity contribution in [3.63, 3.8) is 0 Å². The normalized spacial score (nSPS) is 15.8. The number of hydrogen-bond donors (Lipinski definition) is 2. The highest BCUT2D eigenvalue weighted by Crippen LogP contribution is 2.34. The van der Waals surface area contributed by atoms with Crippen LogP contribution in [0, 0.1) is 5.82 Å². The number of carbonyl (C=O) groups is 2. The maximum absolute atomic E-state index is 13.7. The number of nitrogens with zero attached hydrogens (tertiary/aromatic N) is 1. The van der Waals surface area contributed by atoms with Gasteiger partial charge in [-0.2, -0.15) is 0 Å². The van der Waals surface area contributed by atoms with Crippen molar-refractivity contribution in [1.82, 2.24) is 10.2 Å². The fraction of sp³-hybridized carbons (Fsp3) is 0.0588. The van der Waals surface area contributed by atoms with E-state index in [2.05, 4.69) is 37.2 Å². The third kappa shape index (κ3) is 3.59. The summed E-state index contributed by atoms with van der Waals surface area (Å²) >= 11 is 6.41. The van der Waals surface area contributed by atoms with E-state index in [-0.39, 0.29) is 23.6 Å². The van der Waals surface area contributed by atoms with E-state index in [0.29, 0.717) is 14.5 Å². The van der Waals surface area contributed by atoms with Gasteiger partial charge in [0.2, 0.25) is 0 Å². The zero-order valence-corrected chi connectivity index (χ0v) is 15.8. The number of imide groups is 1. The highest BCUT2D eigenvalue weighted by atomic mass is 79.9. The van der Waals surface area contributed by atoms with Crippen LogP contribution in [0.15, 0.2) is 51.0 Å². The van der Waals surface area contributed by atoms with Crippen molar-refractivity contribution in [2.75, 3.05) is 0 Å². The maximum atomic E-state index is 13.7. The second kappa shape index (κ2) is 6.97. The third-order valence-corrected chi connectivity index (χ3v) is 4.81. The summed E-state index contributed by atoms with van der Waals surface area (Å²) in [5.74, 6) is -0.995. The van der Waals surface area contributed by atoms with Crippen molar-refractivity contribution < 1.29 is 19.1 Å². The standard InChI is InChI=1S/C17H11Br2FN2O3/c18-11-5-9(6-12(19)15(11)23)7-14-16(24)22(17(25)21-14)8-10-3-1-2-4-13(10)20/h1-7,23H,8H2,(H,21,25)/b14-7+. The van der Waals surface area contributed by atoms with Crippen molar-refractivity contribution in [3.05, 3.63) is 68.0 Å². The van der Waals surface area contributed by atoms with E-state index >= 15 is 0 Å². The summed E-state index contributed by atoms with van der Waals surface area (Å²) < 4.78 is 14.6. The SMILES string of the molecule is O=C1N/C(=C/c2cc(Br)c(O)c(Br)c2)C(=O)N1Cc1ccccc1F. The summed E-state index contributed by atoms with van der Waals surface area (Å²) in [5.41, 5.74) is 0.918. The molecular weight excluding hydrogens is 459 g/mol. The minimum absolute atomic E-state index is 0.0325. The molecule has 128 valence electrons. The van der Waals surface area contributed by atoms with Gasteiger partial charge in [0.25, 0.3) is 5.91 Å². The minimum Gasteiger partial charge on any atom is -0.506 e. The van der Waals surface area contributed by atoms with E-state index in [4.69, 9.17) is 0 Å². The van der Waals surface area contributed by atoms with E-state index in [1.807, 2.05) is 0 Å². The predicted molar refractivity (Wildman–Crippen MR) is 97.0 cm³/mol. The first-order chi connectivity index (χ1) is 11.9. The van der Waals surface area contributed by atoms with Gasteiger partial charge in [-0.3, -0.25) is 9.69 Å². The van der Waals surface area contributed by atoms with Crippen LogP contribution in [0.5, 0.6) is 5.75 Å². The van der Waals surface area contributed by atoms with Crippen LogP contribution in [0.25, 0.3) is 6.08 Å². The van der Waals surface area contributed by atoms with Gasteiger partial charge in [0, 0.05) is 5.56 Å². The Bertz CT molecular complexity index is 892. The van der Waals surface area contributed by atoms with Gasteiger partial charge in [0.15, 0.2) is 0 Å². The average Bonchev–Trinajstić information content (AvgIpc) is 2.82. The zero-order valence-electron chi connectivity index (χ0n) is 12.6. The first kappa shape index (κ1) is 17.6. The molecule has 0 radical (unpaired) electrons. The van der Waals surface area contributed by atoms with Gasteiger partial charge in [-0.1, -0.05) is 18.2 Å². The molecule has 0 spiro atoms. The molecule has 0 aromatic heterocycles. The number of carbonyl (C=O) groups excluding carboxylic acids is 2. The molecule has 25 heavy (non-hydrogen) atoms. The lowest BCUT2D eigenvalue weighted by Gasteiger charge is -2.12. The third-order valence-electron chi connectivity index (χ3n) is 3.60. The van der Waals surface area contributed by atoms with Gasteiger partial charge < -0.3 is 10.4 Å². The van der Waals surface area contributed by atoms with Crippen LogP contribution in [0.3, 0.4) is 0 Å². The van der Waals surface area contributed by atoms with Crippen LogP contribution >= 0.6 is 31.9 Å². The smallest absolute Gasteiger partial charge is 0.329 e.